The number of ether oxygens (including phenoxy) is 2. The average Bonchev–Trinajstić information content (AvgIpc) is 2.54. The lowest BCUT2D eigenvalue weighted by molar-refractivity contribution is -0.150. The van der Waals surface area contributed by atoms with E-state index in [0.717, 1.165) is 24.0 Å². The minimum absolute atomic E-state index is 0.168. The lowest BCUT2D eigenvalue weighted by atomic mass is 9.78. The first-order valence-corrected chi connectivity index (χ1v) is 9.01. The molecule has 0 aromatic heterocycles. The van der Waals surface area contributed by atoms with E-state index in [1.807, 2.05) is 32.0 Å². The van der Waals surface area contributed by atoms with Gasteiger partial charge >= 0.3 is 5.97 Å². The molecule has 1 aromatic carbocycles. The molecular weight excluding hydrogens is 318 g/mol. The summed E-state index contributed by atoms with van der Waals surface area (Å²) >= 11 is 0. The van der Waals surface area contributed by atoms with E-state index in [1.165, 1.54) is 6.42 Å². The highest BCUT2D eigenvalue weighted by atomic mass is 16.6. The van der Waals surface area contributed by atoms with Crippen LogP contribution in [0.3, 0.4) is 0 Å². The highest BCUT2D eigenvalue weighted by Crippen LogP contribution is 2.29. The van der Waals surface area contributed by atoms with E-state index < -0.39 is 5.97 Å². The monoisotopic (exact) mass is 347 g/mol. The number of aryl methyl sites for hydroxylation is 2. The van der Waals surface area contributed by atoms with E-state index in [1.54, 1.807) is 0 Å². The Morgan fingerprint density at radius 1 is 1.08 bits per heavy atom. The third-order valence-corrected chi connectivity index (χ3v) is 4.97. The smallest absolute Gasteiger partial charge is 0.344 e. The SMILES string of the molecule is Cc1cc(C)cc(OCC(=O)OCC(=O)N[C@H]2CCC[C@H](C)[C@H]2C)c1. The molecule has 1 N–H and O–H groups in total. The number of amides is 1. The van der Waals surface area contributed by atoms with E-state index >= 15 is 0 Å². The van der Waals surface area contributed by atoms with Crippen LogP contribution in [0.1, 0.15) is 44.2 Å². The molecule has 0 radical (unpaired) electrons. The van der Waals surface area contributed by atoms with Gasteiger partial charge in [-0.2, -0.15) is 0 Å². The molecule has 0 unspecified atom stereocenters. The molecule has 0 saturated heterocycles. The normalized spacial score (nSPS) is 23.0. The van der Waals surface area contributed by atoms with Crippen molar-refractivity contribution in [3.05, 3.63) is 29.3 Å². The van der Waals surface area contributed by atoms with E-state index in [9.17, 15) is 9.59 Å². The Kier molecular flexibility index (Phi) is 6.85. The summed E-state index contributed by atoms with van der Waals surface area (Å²) in [5.74, 6) is 0.892. The Hall–Kier alpha value is -2.04. The van der Waals surface area contributed by atoms with Crippen molar-refractivity contribution >= 4 is 11.9 Å². The Balaban J connectivity index is 1.71. The summed E-state index contributed by atoms with van der Waals surface area (Å²) in [6.45, 7) is 7.86. The summed E-state index contributed by atoms with van der Waals surface area (Å²) in [5, 5.41) is 2.99. The van der Waals surface area contributed by atoms with E-state index in [-0.39, 0.29) is 25.2 Å². The van der Waals surface area contributed by atoms with E-state index in [0.29, 0.717) is 17.6 Å². The highest BCUT2D eigenvalue weighted by molar-refractivity contribution is 5.81. The van der Waals surface area contributed by atoms with Crippen LogP contribution < -0.4 is 10.1 Å². The fourth-order valence-corrected chi connectivity index (χ4v) is 3.38. The lowest BCUT2D eigenvalue weighted by Gasteiger charge is -2.34. The van der Waals surface area contributed by atoms with Gasteiger partial charge in [-0.25, -0.2) is 4.79 Å². The summed E-state index contributed by atoms with van der Waals surface area (Å²) in [7, 11) is 0. The summed E-state index contributed by atoms with van der Waals surface area (Å²) in [6.07, 6.45) is 3.32. The van der Waals surface area contributed by atoms with Crippen molar-refractivity contribution in [1.82, 2.24) is 5.32 Å². The molecule has 5 heteroatoms. The third-order valence-electron chi connectivity index (χ3n) is 4.97. The molecule has 1 fully saturated rings. The minimum Gasteiger partial charge on any atom is -0.482 e. The summed E-state index contributed by atoms with van der Waals surface area (Å²) < 4.78 is 10.5. The quantitative estimate of drug-likeness (QED) is 0.803. The molecule has 1 saturated carbocycles. The van der Waals surface area contributed by atoms with Crippen molar-refractivity contribution in [2.24, 2.45) is 11.8 Å². The van der Waals surface area contributed by atoms with Gasteiger partial charge in [-0.05, 0) is 55.4 Å². The molecule has 25 heavy (non-hydrogen) atoms. The maximum absolute atomic E-state index is 12.0. The molecule has 2 rings (SSSR count). The molecule has 1 aliphatic carbocycles. The lowest BCUT2D eigenvalue weighted by Crippen LogP contribution is -2.45. The van der Waals surface area contributed by atoms with E-state index in [2.05, 4.69) is 19.2 Å². The number of hydrogen-bond acceptors (Lipinski definition) is 4. The number of carbonyl (C=O) groups excluding carboxylic acids is 2. The fraction of sp³-hybridized carbons (Fsp3) is 0.600. The number of carbonyl (C=O) groups is 2. The van der Waals surface area contributed by atoms with Crippen molar-refractivity contribution < 1.29 is 19.1 Å². The molecule has 1 aliphatic rings. The Morgan fingerprint density at radius 2 is 1.76 bits per heavy atom. The van der Waals surface area contributed by atoms with Crippen molar-refractivity contribution in [2.75, 3.05) is 13.2 Å². The standard InChI is InChI=1S/C20H29NO4/c1-13-8-14(2)10-17(9-13)24-12-20(23)25-11-19(22)21-18-7-5-6-15(3)16(18)4/h8-10,15-16,18H,5-7,11-12H2,1-4H3,(H,21,22)/t15-,16+,18-/m0/s1. The predicted octanol–water partition coefficient (Wildman–Crippen LogP) is 3.17. The molecular formula is C20H29NO4. The molecule has 1 aromatic rings. The van der Waals surface area contributed by atoms with Gasteiger partial charge < -0.3 is 14.8 Å². The highest BCUT2D eigenvalue weighted by Gasteiger charge is 2.28. The number of benzene rings is 1. The number of rotatable bonds is 6. The molecule has 138 valence electrons. The van der Waals surface area contributed by atoms with Gasteiger partial charge in [0.1, 0.15) is 5.75 Å². The molecule has 1 amide bonds. The zero-order valence-corrected chi connectivity index (χ0v) is 15.6. The van der Waals surface area contributed by atoms with Crippen molar-refractivity contribution in [2.45, 2.75) is 53.0 Å². The predicted molar refractivity (Wildman–Crippen MR) is 96.5 cm³/mol. The van der Waals surface area contributed by atoms with E-state index in [4.69, 9.17) is 9.47 Å². The van der Waals surface area contributed by atoms with Gasteiger partial charge in [0.25, 0.3) is 5.91 Å². The van der Waals surface area contributed by atoms with Gasteiger partial charge in [-0.3, -0.25) is 4.79 Å². The molecule has 5 nitrogen and oxygen atoms in total. The average molecular weight is 347 g/mol. The number of nitrogens with one attached hydrogen (secondary N) is 1. The maximum atomic E-state index is 12.0. The topological polar surface area (TPSA) is 64.6 Å². The second kappa shape index (κ2) is 8.88. The van der Waals surface area contributed by atoms with Crippen molar-refractivity contribution in [3.63, 3.8) is 0 Å². The molecule has 3 atom stereocenters. The second-order valence-corrected chi connectivity index (χ2v) is 7.21. The van der Waals surface area contributed by atoms with Crippen LogP contribution in [0.5, 0.6) is 5.75 Å². The minimum atomic E-state index is -0.542. The van der Waals surface area contributed by atoms with Gasteiger partial charge in [0.15, 0.2) is 13.2 Å². The first-order valence-electron chi connectivity index (χ1n) is 9.01. The Bertz CT molecular complexity index is 593. The van der Waals surface area contributed by atoms with Gasteiger partial charge in [0.05, 0.1) is 0 Å². The van der Waals surface area contributed by atoms with Crippen LogP contribution in [0.25, 0.3) is 0 Å². The molecule has 0 aliphatic heterocycles. The first-order chi connectivity index (χ1) is 11.8. The summed E-state index contributed by atoms with van der Waals surface area (Å²) in [4.78, 5) is 23.8. The Morgan fingerprint density at radius 3 is 2.44 bits per heavy atom. The Labute approximate surface area is 150 Å². The molecule has 0 bridgehead atoms. The van der Waals surface area contributed by atoms with Crippen LogP contribution in [0.15, 0.2) is 18.2 Å². The zero-order valence-electron chi connectivity index (χ0n) is 15.6. The van der Waals surface area contributed by atoms with Gasteiger partial charge in [-0.15, -0.1) is 0 Å². The van der Waals surface area contributed by atoms with Crippen LogP contribution >= 0.6 is 0 Å². The fourth-order valence-electron chi connectivity index (χ4n) is 3.38. The number of esters is 1. The second-order valence-electron chi connectivity index (χ2n) is 7.21. The molecule has 0 heterocycles. The largest absolute Gasteiger partial charge is 0.482 e. The van der Waals surface area contributed by atoms with Gasteiger partial charge in [0.2, 0.25) is 0 Å². The summed E-state index contributed by atoms with van der Waals surface area (Å²) in [5.41, 5.74) is 2.14. The van der Waals surface area contributed by atoms with Crippen LogP contribution in [0.4, 0.5) is 0 Å². The maximum Gasteiger partial charge on any atom is 0.344 e. The van der Waals surface area contributed by atoms with Crippen LogP contribution in [0.2, 0.25) is 0 Å². The van der Waals surface area contributed by atoms with Crippen LogP contribution in [-0.4, -0.2) is 31.1 Å². The van der Waals surface area contributed by atoms with Crippen molar-refractivity contribution in [1.29, 1.82) is 0 Å². The van der Waals surface area contributed by atoms with Gasteiger partial charge in [-0.1, -0.05) is 32.8 Å². The third kappa shape index (κ3) is 6.07. The van der Waals surface area contributed by atoms with Crippen LogP contribution in [-0.2, 0) is 14.3 Å². The zero-order chi connectivity index (χ0) is 18.4. The molecule has 0 spiro atoms. The van der Waals surface area contributed by atoms with Crippen LogP contribution in [0, 0.1) is 25.7 Å². The summed E-state index contributed by atoms with van der Waals surface area (Å²) in [6, 6.07) is 5.92. The van der Waals surface area contributed by atoms with Crippen molar-refractivity contribution in [3.8, 4) is 5.75 Å². The number of hydrogen-bond donors (Lipinski definition) is 1. The first kappa shape index (κ1) is 19.3. The van der Waals surface area contributed by atoms with Gasteiger partial charge in [0, 0.05) is 6.04 Å².